The van der Waals surface area contributed by atoms with Gasteiger partial charge >= 0.3 is 0 Å². The number of benzene rings is 1. The molecular weight excluding hydrogens is 390 g/mol. The van der Waals surface area contributed by atoms with Crippen LogP contribution < -0.4 is 4.74 Å². The highest BCUT2D eigenvalue weighted by Crippen LogP contribution is 2.35. The first-order chi connectivity index (χ1) is 14.8. The summed E-state index contributed by atoms with van der Waals surface area (Å²) in [7, 11) is 1.70. The number of carbonyl (C=O) groups is 2. The summed E-state index contributed by atoms with van der Waals surface area (Å²) >= 11 is 0. The summed E-state index contributed by atoms with van der Waals surface area (Å²) in [4.78, 5) is 33.0. The van der Waals surface area contributed by atoms with Crippen LogP contribution in [-0.2, 0) is 9.59 Å². The molecule has 31 heavy (non-hydrogen) atoms. The van der Waals surface area contributed by atoms with Gasteiger partial charge in [0.2, 0.25) is 11.8 Å². The Morgan fingerprint density at radius 2 is 1.65 bits per heavy atom. The highest BCUT2D eigenvalue weighted by atomic mass is 16.5. The lowest BCUT2D eigenvalue weighted by molar-refractivity contribution is -0.145. The molecule has 2 amide bonds. The molecule has 0 unspecified atom stereocenters. The number of H-pyrrole nitrogens is 1. The number of hydrogen-bond acceptors (Lipinski definition) is 3. The number of fused-ring (bicyclic) bond motifs is 1. The van der Waals surface area contributed by atoms with E-state index in [0.29, 0.717) is 19.0 Å². The van der Waals surface area contributed by atoms with Gasteiger partial charge in [-0.15, -0.1) is 0 Å². The minimum atomic E-state index is -0.356. The Balaban J connectivity index is 1.33. The van der Waals surface area contributed by atoms with E-state index in [1.165, 1.54) is 10.9 Å². The fourth-order valence-electron chi connectivity index (χ4n) is 5.06. The average molecular weight is 426 g/mol. The van der Waals surface area contributed by atoms with Gasteiger partial charge in [-0.1, -0.05) is 20.8 Å². The third-order valence-corrected chi connectivity index (χ3v) is 6.94. The first-order valence-electron chi connectivity index (χ1n) is 11.5. The van der Waals surface area contributed by atoms with Crippen molar-refractivity contribution in [2.24, 2.45) is 11.3 Å². The van der Waals surface area contributed by atoms with E-state index in [2.05, 4.69) is 28.2 Å². The first-order valence-corrected chi connectivity index (χ1v) is 11.5. The number of ether oxygens (including phenoxy) is 1. The number of rotatable bonds is 3. The Morgan fingerprint density at radius 1 is 1.00 bits per heavy atom. The highest BCUT2D eigenvalue weighted by molar-refractivity contribution is 5.85. The van der Waals surface area contributed by atoms with Crippen molar-refractivity contribution in [2.75, 3.05) is 33.3 Å². The number of carbonyl (C=O) groups excluding carboxylic acids is 2. The molecule has 0 radical (unpaired) electrons. The van der Waals surface area contributed by atoms with Crippen molar-refractivity contribution in [3.8, 4) is 5.75 Å². The number of piperidine rings is 2. The van der Waals surface area contributed by atoms with Gasteiger partial charge in [-0.3, -0.25) is 9.59 Å². The molecule has 2 aromatic rings. The fraction of sp³-hybridized carbons (Fsp3) is 0.600. The molecule has 2 fully saturated rings. The monoisotopic (exact) mass is 425 g/mol. The normalized spacial score (nSPS) is 19.1. The van der Waals surface area contributed by atoms with Crippen LogP contribution in [0.2, 0.25) is 0 Å². The maximum absolute atomic E-state index is 13.1. The van der Waals surface area contributed by atoms with Gasteiger partial charge in [0.05, 0.1) is 7.11 Å². The van der Waals surface area contributed by atoms with E-state index in [1.807, 2.05) is 31.7 Å². The average Bonchev–Trinajstić information content (AvgIpc) is 3.21. The predicted molar refractivity (Wildman–Crippen MR) is 122 cm³/mol. The van der Waals surface area contributed by atoms with Crippen LogP contribution >= 0.6 is 0 Å². The van der Waals surface area contributed by atoms with Crippen LogP contribution in [0.5, 0.6) is 5.75 Å². The molecule has 6 nitrogen and oxygen atoms in total. The number of nitrogens with zero attached hydrogens (tertiary/aromatic N) is 2. The largest absolute Gasteiger partial charge is 0.497 e. The molecule has 3 heterocycles. The first kappa shape index (κ1) is 21.7. The summed E-state index contributed by atoms with van der Waals surface area (Å²) in [6.07, 6.45) is 5.65. The van der Waals surface area contributed by atoms with E-state index < -0.39 is 0 Å². The molecule has 168 valence electrons. The molecule has 1 aromatic carbocycles. The van der Waals surface area contributed by atoms with E-state index in [0.717, 1.165) is 50.0 Å². The number of hydrogen-bond donors (Lipinski definition) is 1. The van der Waals surface area contributed by atoms with Crippen molar-refractivity contribution in [2.45, 2.75) is 52.4 Å². The lowest BCUT2D eigenvalue weighted by Gasteiger charge is -2.38. The standard InChI is InChI=1S/C25H35N3O3/c1-25(2,3)24(30)28-13-9-18(10-14-28)23(29)27-11-7-17(8-12-27)21-16-26-22-6-5-19(31-4)15-20(21)22/h5-6,15-18,26H,7-14H2,1-4H3. The molecule has 2 saturated heterocycles. The van der Waals surface area contributed by atoms with Gasteiger partial charge in [0.15, 0.2) is 0 Å². The summed E-state index contributed by atoms with van der Waals surface area (Å²) in [5.74, 6) is 1.85. The van der Waals surface area contributed by atoms with E-state index in [-0.39, 0.29) is 23.1 Å². The van der Waals surface area contributed by atoms with Crippen molar-refractivity contribution in [1.29, 1.82) is 0 Å². The fourth-order valence-corrected chi connectivity index (χ4v) is 5.06. The summed E-state index contributed by atoms with van der Waals surface area (Å²) in [5.41, 5.74) is 2.10. The minimum Gasteiger partial charge on any atom is -0.497 e. The van der Waals surface area contributed by atoms with Crippen LogP contribution in [0, 0.1) is 11.3 Å². The third-order valence-electron chi connectivity index (χ3n) is 6.94. The van der Waals surface area contributed by atoms with Gasteiger partial charge in [-0.25, -0.2) is 0 Å². The lowest BCUT2D eigenvalue weighted by atomic mass is 9.87. The Hall–Kier alpha value is -2.50. The summed E-state index contributed by atoms with van der Waals surface area (Å²) < 4.78 is 5.40. The molecule has 0 atom stereocenters. The molecule has 0 aliphatic carbocycles. The van der Waals surface area contributed by atoms with Crippen molar-refractivity contribution in [3.05, 3.63) is 30.0 Å². The Kier molecular flexibility index (Phi) is 6.00. The molecular formula is C25H35N3O3. The smallest absolute Gasteiger partial charge is 0.227 e. The Morgan fingerprint density at radius 3 is 2.26 bits per heavy atom. The number of methoxy groups -OCH3 is 1. The Bertz CT molecular complexity index is 943. The van der Waals surface area contributed by atoms with Crippen LogP contribution in [0.3, 0.4) is 0 Å². The topological polar surface area (TPSA) is 65.6 Å². The van der Waals surface area contributed by atoms with Crippen molar-refractivity contribution >= 4 is 22.7 Å². The van der Waals surface area contributed by atoms with E-state index >= 15 is 0 Å². The molecule has 1 N–H and O–H groups in total. The lowest BCUT2D eigenvalue weighted by Crippen LogP contribution is -2.48. The molecule has 4 rings (SSSR count). The van der Waals surface area contributed by atoms with Crippen LogP contribution in [0.15, 0.2) is 24.4 Å². The Labute approximate surface area is 184 Å². The zero-order valence-corrected chi connectivity index (χ0v) is 19.2. The SMILES string of the molecule is COc1ccc2[nH]cc(C3CCN(C(=O)C4CCN(C(=O)C(C)(C)C)CC4)CC3)c2c1. The van der Waals surface area contributed by atoms with Gasteiger partial charge in [-0.05, 0) is 55.4 Å². The number of nitrogens with one attached hydrogen (secondary N) is 1. The summed E-state index contributed by atoms with van der Waals surface area (Å²) in [6.45, 7) is 8.88. The molecule has 0 saturated carbocycles. The molecule has 2 aliphatic rings. The van der Waals surface area contributed by atoms with E-state index in [1.54, 1.807) is 7.11 Å². The molecule has 1 aromatic heterocycles. The number of likely N-dealkylation sites (tertiary alicyclic amines) is 2. The van der Waals surface area contributed by atoms with Crippen LogP contribution in [0.1, 0.15) is 57.9 Å². The molecule has 0 bridgehead atoms. The van der Waals surface area contributed by atoms with Crippen molar-refractivity contribution in [3.63, 3.8) is 0 Å². The van der Waals surface area contributed by atoms with Gasteiger partial charge in [0.25, 0.3) is 0 Å². The number of aromatic nitrogens is 1. The van der Waals surface area contributed by atoms with Gasteiger partial charge in [-0.2, -0.15) is 0 Å². The van der Waals surface area contributed by atoms with E-state index in [4.69, 9.17) is 4.74 Å². The van der Waals surface area contributed by atoms with E-state index in [9.17, 15) is 9.59 Å². The van der Waals surface area contributed by atoms with Gasteiger partial charge in [0.1, 0.15) is 5.75 Å². The zero-order valence-electron chi connectivity index (χ0n) is 19.2. The van der Waals surface area contributed by atoms with Crippen molar-refractivity contribution < 1.29 is 14.3 Å². The van der Waals surface area contributed by atoms with Crippen LogP contribution in [0.4, 0.5) is 0 Å². The van der Waals surface area contributed by atoms with Gasteiger partial charge in [0, 0.05) is 54.6 Å². The van der Waals surface area contributed by atoms with Crippen molar-refractivity contribution in [1.82, 2.24) is 14.8 Å². The zero-order chi connectivity index (χ0) is 22.2. The second kappa shape index (κ2) is 8.56. The summed E-state index contributed by atoms with van der Waals surface area (Å²) in [6, 6.07) is 6.14. The molecule has 0 spiro atoms. The third kappa shape index (κ3) is 4.43. The highest BCUT2D eigenvalue weighted by Gasteiger charge is 2.35. The maximum Gasteiger partial charge on any atom is 0.227 e. The minimum absolute atomic E-state index is 0.0536. The molecule has 2 aliphatic heterocycles. The van der Waals surface area contributed by atoms with Gasteiger partial charge < -0.3 is 19.5 Å². The number of aromatic amines is 1. The summed E-state index contributed by atoms with van der Waals surface area (Å²) in [5, 5.41) is 1.22. The maximum atomic E-state index is 13.1. The quantitative estimate of drug-likeness (QED) is 0.803. The predicted octanol–water partition coefficient (Wildman–Crippen LogP) is 4.17. The molecule has 6 heteroatoms. The van der Waals surface area contributed by atoms with Crippen LogP contribution in [-0.4, -0.2) is 59.9 Å². The second-order valence-corrected chi connectivity index (χ2v) is 10.1. The van der Waals surface area contributed by atoms with Crippen LogP contribution in [0.25, 0.3) is 10.9 Å². The number of amides is 2. The second-order valence-electron chi connectivity index (χ2n) is 10.1.